The summed E-state index contributed by atoms with van der Waals surface area (Å²) in [6.07, 6.45) is 2.89. The Labute approximate surface area is 110 Å². The van der Waals surface area contributed by atoms with Gasteiger partial charge in [-0.2, -0.15) is 5.10 Å². The summed E-state index contributed by atoms with van der Waals surface area (Å²) in [7, 11) is 0. The van der Waals surface area contributed by atoms with Crippen LogP contribution in [0.15, 0.2) is 42.0 Å². The second-order valence-electron chi connectivity index (χ2n) is 3.25. The number of nitrogens with one attached hydrogen (secondary N) is 2. The number of benzene rings is 1. The molecule has 18 heavy (non-hydrogen) atoms. The SMILES string of the molecule is C=CCNC(=O)C(=O)NN=Cc1ccc(Cl)cc1. The lowest BCUT2D eigenvalue weighted by Crippen LogP contribution is -2.37. The van der Waals surface area contributed by atoms with Crippen LogP contribution in [0.1, 0.15) is 5.56 Å². The maximum atomic E-state index is 11.2. The Bertz CT molecular complexity index is 469. The normalized spacial score (nSPS) is 10.1. The molecule has 2 amide bonds. The lowest BCUT2D eigenvalue weighted by atomic mass is 10.2. The lowest BCUT2D eigenvalue weighted by Gasteiger charge is -1.99. The molecular weight excluding hydrogens is 254 g/mol. The molecule has 0 bridgehead atoms. The smallest absolute Gasteiger partial charge is 0.329 e. The number of nitrogens with zero attached hydrogens (tertiary/aromatic N) is 1. The Balaban J connectivity index is 2.44. The number of amides is 2. The van der Waals surface area contributed by atoms with E-state index in [1.807, 2.05) is 0 Å². The molecule has 0 aliphatic rings. The van der Waals surface area contributed by atoms with E-state index in [1.165, 1.54) is 12.3 Å². The van der Waals surface area contributed by atoms with Gasteiger partial charge < -0.3 is 5.32 Å². The van der Waals surface area contributed by atoms with E-state index in [1.54, 1.807) is 24.3 Å². The lowest BCUT2D eigenvalue weighted by molar-refractivity contribution is -0.139. The van der Waals surface area contributed by atoms with Crippen LogP contribution in [0.2, 0.25) is 5.02 Å². The molecule has 0 fully saturated rings. The Hall–Kier alpha value is -2.14. The Morgan fingerprint density at radius 1 is 1.28 bits per heavy atom. The average Bonchev–Trinajstić information content (AvgIpc) is 2.38. The van der Waals surface area contributed by atoms with Gasteiger partial charge in [0.15, 0.2) is 0 Å². The van der Waals surface area contributed by atoms with E-state index >= 15 is 0 Å². The first-order valence-electron chi connectivity index (χ1n) is 5.11. The van der Waals surface area contributed by atoms with Gasteiger partial charge in [-0.15, -0.1) is 6.58 Å². The molecule has 94 valence electrons. The number of rotatable bonds is 4. The van der Waals surface area contributed by atoms with Crippen LogP contribution in [0.3, 0.4) is 0 Å². The molecule has 1 aromatic rings. The van der Waals surface area contributed by atoms with E-state index in [0.29, 0.717) is 5.02 Å². The number of carbonyl (C=O) groups excluding carboxylic acids is 2. The minimum atomic E-state index is -0.831. The summed E-state index contributed by atoms with van der Waals surface area (Å²) in [4.78, 5) is 22.3. The zero-order valence-corrected chi connectivity index (χ0v) is 10.3. The van der Waals surface area contributed by atoms with Crippen LogP contribution in [0.5, 0.6) is 0 Å². The van der Waals surface area contributed by atoms with Crippen molar-refractivity contribution >= 4 is 29.6 Å². The topological polar surface area (TPSA) is 70.6 Å². The maximum Gasteiger partial charge on any atom is 0.329 e. The van der Waals surface area contributed by atoms with Crippen molar-refractivity contribution in [3.05, 3.63) is 47.5 Å². The summed E-state index contributed by atoms with van der Waals surface area (Å²) < 4.78 is 0. The highest BCUT2D eigenvalue weighted by Crippen LogP contribution is 2.07. The minimum Gasteiger partial charge on any atom is -0.344 e. The third kappa shape index (κ3) is 4.80. The highest BCUT2D eigenvalue weighted by molar-refractivity contribution is 6.35. The molecule has 0 saturated heterocycles. The molecular formula is C12H12ClN3O2. The van der Waals surface area contributed by atoms with Crippen LogP contribution >= 0.6 is 11.6 Å². The third-order valence-electron chi connectivity index (χ3n) is 1.86. The molecule has 0 aromatic heterocycles. The molecule has 0 saturated carbocycles. The van der Waals surface area contributed by atoms with Crippen molar-refractivity contribution in [1.29, 1.82) is 0 Å². The number of carbonyl (C=O) groups is 2. The largest absolute Gasteiger partial charge is 0.344 e. The zero-order valence-electron chi connectivity index (χ0n) is 9.52. The van der Waals surface area contributed by atoms with Gasteiger partial charge in [0.2, 0.25) is 0 Å². The Morgan fingerprint density at radius 2 is 1.94 bits per heavy atom. The van der Waals surface area contributed by atoms with Gasteiger partial charge in [0.25, 0.3) is 0 Å². The van der Waals surface area contributed by atoms with Gasteiger partial charge >= 0.3 is 11.8 Å². The van der Waals surface area contributed by atoms with Crippen LogP contribution in [0, 0.1) is 0 Å². The van der Waals surface area contributed by atoms with Crippen molar-refractivity contribution in [1.82, 2.24) is 10.7 Å². The zero-order chi connectivity index (χ0) is 13.4. The van der Waals surface area contributed by atoms with E-state index in [4.69, 9.17) is 11.6 Å². The quantitative estimate of drug-likeness (QED) is 0.370. The molecule has 5 nitrogen and oxygen atoms in total. The van der Waals surface area contributed by atoms with Crippen molar-refractivity contribution in [2.75, 3.05) is 6.54 Å². The van der Waals surface area contributed by atoms with Gasteiger partial charge in [0.05, 0.1) is 6.21 Å². The minimum absolute atomic E-state index is 0.229. The first-order chi connectivity index (χ1) is 8.63. The van der Waals surface area contributed by atoms with Crippen molar-refractivity contribution in [2.45, 2.75) is 0 Å². The second kappa shape index (κ2) is 7.24. The van der Waals surface area contributed by atoms with Crippen LogP contribution in [0.25, 0.3) is 0 Å². The third-order valence-corrected chi connectivity index (χ3v) is 2.11. The first kappa shape index (κ1) is 13.9. The van der Waals surface area contributed by atoms with Crippen LogP contribution in [-0.2, 0) is 9.59 Å². The van der Waals surface area contributed by atoms with Crippen LogP contribution in [0.4, 0.5) is 0 Å². The molecule has 0 radical (unpaired) electrons. The van der Waals surface area contributed by atoms with E-state index < -0.39 is 11.8 Å². The summed E-state index contributed by atoms with van der Waals surface area (Å²) in [5, 5.41) is 6.59. The van der Waals surface area contributed by atoms with E-state index in [2.05, 4.69) is 22.4 Å². The van der Waals surface area contributed by atoms with Crippen molar-refractivity contribution in [3.63, 3.8) is 0 Å². The highest BCUT2D eigenvalue weighted by atomic mass is 35.5. The summed E-state index contributed by atoms with van der Waals surface area (Å²) in [6, 6.07) is 6.86. The maximum absolute atomic E-state index is 11.2. The summed E-state index contributed by atoms with van der Waals surface area (Å²) in [5.74, 6) is -1.59. The summed E-state index contributed by atoms with van der Waals surface area (Å²) >= 11 is 5.71. The molecule has 0 aliphatic heterocycles. The van der Waals surface area contributed by atoms with Gasteiger partial charge in [0.1, 0.15) is 0 Å². The molecule has 0 heterocycles. The van der Waals surface area contributed by atoms with E-state index in [9.17, 15) is 9.59 Å². The predicted molar refractivity (Wildman–Crippen MR) is 70.4 cm³/mol. The van der Waals surface area contributed by atoms with Gasteiger partial charge in [0, 0.05) is 11.6 Å². The molecule has 6 heteroatoms. The molecule has 2 N–H and O–H groups in total. The monoisotopic (exact) mass is 265 g/mol. The number of hydrogen-bond acceptors (Lipinski definition) is 3. The van der Waals surface area contributed by atoms with Gasteiger partial charge in [-0.3, -0.25) is 9.59 Å². The van der Waals surface area contributed by atoms with Crippen molar-refractivity contribution in [3.8, 4) is 0 Å². The van der Waals surface area contributed by atoms with Crippen molar-refractivity contribution < 1.29 is 9.59 Å². The highest BCUT2D eigenvalue weighted by Gasteiger charge is 2.10. The fraction of sp³-hybridized carbons (Fsp3) is 0.0833. The number of hydrogen-bond donors (Lipinski definition) is 2. The Morgan fingerprint density at radius 3 is 2.56 bits per heavy atom. The molecule has 0 atom stereocenters. The summed E-state index contributed by atoms with van der Waals surface area (Å²) in [5.41, 5.74) is 2.86. The fourth-order valence-corrected chi connectivity index (χ4v) is 1.14. The average molecular weight is 266 g/mol. The molecule has 1 aromatic carbocycles. The van der Waals surface area contributed by atoms with Crippen LogP contribution in [-0.4, -0.2) is 24.6 Å². The fourth-order valence-electron chi connectivity index (χ4n) is 1.01. The van der Waals surface area contributed by atoms with E-state index in [-0.39, 0.29) is 6.54 Å². The first-order valence-corrected chi connectivity index (χ1v) is 5.49. The standard InChI is InChI=1S/C12H12ClN3O2/c1-2-7-14-11(17)12(18)16-15-8-9-3-5-10(13)6-4-9/h2-6,8H,1,7H2,(H,14,17)(H,16,18). The number of halogens is 1. The van der Waals surface area contributed by atoms with Crippen molar-refractivity contribution in [2.24, 2.45) is 5.10 Å². The van der Waals surface area contributed by atoms with Crippen LogP contribution < -0.4 is 10.7 Å². The molecule has 0 unspecified atom stereocenters. The Kier molecular flexibility index (Phi) is 5.60. The van der Waals surface area contributed by atoms with Gasteiger partial charge in [-0.1, -0.05) is 29.8 Å². The molecule has 0 aliphatic carbocycles. The molecule has 1 rings (SSSR count). The summed E-state index contributed by atoms with van der Waals surface area (Å²) in [6.45, 7) is 3.64. The predicted octanol–water partition coefficient (Wildman–Crippen LogP) is 1.09. The van der Waals surface area contributed by atoms with E-state index in [0.717, 1.165) is 5.56 Å². The van der Waals surface area contributed by atoms with Gasteiger partial charge in [-0.05, 0) is 17.7 Å². The molecule has 0 spiro atoms. The second-order valence-corrected chi connectivity index (χ2v) is 3.69. The number of hydrazone groups is 1. The van der Waals surface area contributed by atoms with Gasteiger partial charge in [-0.25, -0.2) is 5.43 Å².